The molecule has 1 fully saturated rings. The van der Waals surface area contributed by atoms with Crippen LogP contribution < -0.4 is 4.74 Å². The Morgan fingerprint density at radius 1 is 1.16 bits per heavy atom. The zero-order chi connectivity index (χ0) is 13.1. The molecule has 1 saturated carbocycles. The monoisotopic (exact) mass is 274 g/mol. The van der Waals surface area contributed by atoms with E-state index in [1.165, 1.54) is 19.2 Å². The summed E-state index contributed by atoms with van der Waals surface area (Å²) < 4.78 is 5.93. The second-order valence-electron chi connectivity index (χ2n) is 4.76. The van der Waals surface area contributed by atoms with Gasteiger partial charge in [0.15, 0.2) is 0 Å². The van der Waals surface area contributed by atoms with Gasteiger partial charge in [0.1, 0.15) is 12.1 Å². The number of aromatic nitrogens is 2. The molecule has 1 heterocycles. The van der Waals surface area contributed by atoms with Crippen LogP contribution in [-0.2, 0) is 0 Å². The van der Waals surface area contributed by atoms with E-state index in [1.807, 2.05) is 24.3 Å². The minimum atomic E-state index is 0.322. The fourth-order valence-corrected chi connectivity index (χ4v) is 2.63. The zero-order valence-electron chi connectivity index (χ0n) is 10.6. The van der Waals surface area contributed by atoms with Crippen molar-refractivity contribution in [2.75, 3.05) is 0 Å². The van der Waals surface area contributed by atoms with Gasteiger partial charge in [-0.3, -0.25) is 0 Å². The predicted octanol–water partition coefficient (Wildman–Crippen LogP) is 4.12. The lowest BCUT2D eigenvalue weighted by Gasteiger charge is -2.14. The number of hydrogen-bond acceptors (Lipinski definition) is 3. The molecule has 3 rings (SSSR count). The van der Waals surface area contributed by atoms with Crippen LogP contribution in [0.4, 0.5) is 0 Å². The van der Waals surface area contributed by atoms with Crippen LogP contribution in [0.25, 0.3) is 11.3 Å². The smallest absolute Gasteiger partial charge is 0.138 e. The molecule has 1 aliphatic carbocycles. The molecule has 0 aliphatic heterocycles. The molecular formula is C15H15ClN2O. The predicted molar refractivity (Wildman–Crippen MR) is 75.4 cm³/mol. The molecule has 0 bridgehead atoms. The van der Waals surface area contributed by atoms with Crippen molar-refractivity contribution >= 4 is 11.6 Å². The molecule has 0 radical (unpaired) electrons. The standard InChI is InChI=1S/C15H15ClN2O/c16-13-9-11(14-7-8-17-10-18-14)5-6-15(13)19-12-3-1-2-4-12/h5-10,12H,1-4H2. The second-order valence-corrected chi connectivity index (χ2v) is 5.17. The zero-order valence-corrected chi connectivity index (χ0v) is 11.3. The normalized spacial score (nSPS) is 15.6. The fourth-order valence-electron chi connectivity index (χ4n) is 2.40. The maximum absolute atomic E-state index is 6.29. The van der Waals surface area contributed by atoms with Gasteiger partial charge in [-0.15, -0.1) is 0 Å². The molecule has 98 valence electrons. The molecule has 0 atom stereocenters. The van der Waals surface area contributed by atoms with Crippen molar-refractivity contribution in [1.82, 2.24) is 9.97 Å². The molecule has 0 spiro atoms. The Kier molecular flexibility index (Phi) is 3.65. The van der Waals surface area contributed by atoms with Crippen molar-refractivity contribution < 1.29 is 4.74 Å². The number of ether oxygens (including phenoxy) is 1. The first-order valence-electron chi connectivity index (χ1n) is 6.55. The third-order valence-corrected chi connectivity index (χ3v) is 3.70. The molecule has 0 unspecified atom stereocenters. The van der Waals surface area contributed by atoms with Gasteiger partial charge in [0, 0.05) is 11.8 Å². The van der Waals surface area contributed by atoms with E-state index in [1.54, 1.807) is 6.20 Å². The van der Waals surface area contributed by atoms with E-state index in [9.17, 15) is 0 Å². The maximum Gasteiger partial charge on any atom is 0.138 e. The maximum atomic E-state index is 6.29. The Labute approximate surface area is 117 Å². The van der Waals surface area contributed by atoms with Gasteiger partial charge in [-0.05, 0) is 49.9 Å². The molecule has 1 aromatic heterocycles. The Morgan fingerprint density at radius 3 is 2.68 bits per heavy atom. The average molecular weight is 275 g/mol. The summed E-state index contributed by atoms with van der Waals surface area (Å²) >= 11 is 6.29. The van der Waals surface area contributed by atoms with Gasteiger partial charge in [-0.2, -0.15) is 0 Å². The molecule has 3 nitrogen and oxygen atoms in total. The van der Waals surface area contributed by atoms with E-state index in [0.29, 0.717) is 11.1 Å². The van der Waals surface area contributed by atoms with Crippen LogP contribution in [0.2, 0.25) is 5.02 Å². The Balaban J connectivity index is 1.81. The first-order chi connectivity index (χ1) is 9.33. The van der Waals surface area contributed by atoms with E-state index in [-0.39, 0.29) is 0 Å². The third-order valence-electron chi connectivity index (χ3n) is 3.41. The molecule has 1 aliphatic rings. The van der Waals surface area contributed by atoms with Crippen molar-refractivity contribution in [3.63, 3.8) is 0 Å². The van der Waals surface area contributed by atoms with Crippen LogP contribution in [0.5, 0.6) is 5.75 Å². The van der Waals surface area contributed by atoms with E-state index >= 15 is 0 Å². The first-order valence-corrected chi connectivity index (χ1v) is 6.93. The van der Waals surface area contributed by atoms with Crippen LogP contribution in [0.15, 0.2) is 36.8 Å². The molecule has 0 N–H and O–H groups in total. The lowest BCUT2D eigenvalue weighted by Crippen LogP contribution is -2.11. The summed E-state index contributed by atoms with van der Waals surface area (Å²) in [6.45, 7) is 0. The minimum Gasteiger partial charge on any atom is -0.489 e. The highest BCUT2D eigenvalue weighted by Gasteiger charge is 2.17. The molecule has 4 heteroatoms. The van der Waals surface area contributed by atoms with E-state index < -0.39 is 0 Å². The van der Waals surface area contributed by atoms with Crippen molar-refractivity contribution in [1.29, 1.82) is 0 Å². The van der Waals surface area contributed by atoms with Crippen LogP contribution in [0, 0.1) is 0 Å². The molecule has 0 saturated heterocycles. The highest BCUT2D eigenvalue weighted by Crippen LogP contribution is 2.32. The van der Waals surface area contributed by atoms with E-state index in [2.05, 4.69) is 9.97 Å². The van der Waals surface area contributed by atoms with Crippen molar-refractivity contribution in [2.24, 2.45) is 0 Å². The lowest BCUT2D eigenvalue weighted by molar-refractivity contribution is 0.210. The van der Waals surface area contributed by atoms with Crippen molar-refractivity contribution in [3.8, 4) is 17.0 Å². The van der Waals surface area contributed by atoms with E-state index in [4.69, 9.17) is 16.3 Å². The SMILES string of the molecule is Clc1cc(-c2ccncn2)ccc1OC1CCCC1. The van der Waals surface area contributed by atoms with Gasteiger partial charge in [0.2, 0.25) is 0 Å². The largest absolute Gasteiger partial charge is 0.489 e. The molecule has 1 aromatic carbocycles. The number of halogens is 1. The Hall–Kier alpha value is -1.61. The van der Waals surface area contributed by atoms with Gasteiger partial charge in [0.25, 0.3) is 0 Å². The van der Waals surface area contributed by atoms with E-state index in [0.717, 1.165) is 29.8 Å². The molecule has 2 aromatic rings. The van der Waals surface area contributed by atoms with Gasteiger partial charge < -0.3 is 4.74 Å². The Morgan fingerprint density at radius 2 is 2.00 bits per heavy atom. The van der Waals surface area contributed by atoms with Crippen LogP contribution >= 0.6 is 11.6 Å². The number of benzene rings is 1. The van der Waals surface area contributed by atoms with Crippen LogP contribution in [0.1, 0.15) is 25.7 Å². The number of rotatable bonds is 3. The highest BCUT2D eigenvalue weighted by atomic mass is 35.5. The lowest BCUT2D eigenvalue weighted by atomic mass is 10.1. The number of hydrogen-bond donors (Lipinski definition) is 0. The minimum absolute atomic E-state index is 0.322. The van der Waals surface area contributed by atoms with Crippen LogP contribution in [0.3, 0.4) is 0 Å². The summed E-state index contributed by atoms with van der Waals surface area (Å²) in [6, 6.07) is 7.67. The summed E-state index contributed by atoms with van der Waals surface area (Å²) in [4.78, 5) is 8.12. The topological polar surface area (TPSA) is 35.0 Å². The molecule has 19 heavy (non-hydrogen) atoms. The summed E-state index contributed by atoms with van der Waals surface area (Å²) in [5.41, 5.74) is 1.84. The third kappa shape index (κ3) is 2.87. The summed E-state index contributed by atoms with van der Waals surface area (Å²) in [5, 5.41) is 0.642. The summed E-state index contributed by atoms with van der Waals surface area (Å²) in [5.74, 6) is 0.770. The average Bonchev–Trinajstić information content (AvgIpc) is 2.95. The summed E-state index contributed by atoms with van der Waals surface area (Å²) in [6.07, 6.45) is 8.34. The van der Waals surface area contributed by atoms with Gasteiger partial charge in [-0.25, -0.2) is 9.97 Å². The Bertz CT molecular complexity index is 553. The van der Waals surface area contributed by atoms with Crippen LogP contribution in [-0.4, -0.2) is 16.1 Å². The van der Waals surface area contributed by atoms with Gasteiger partial charge >= 0.3 is 0 Å². The van der Waals surface area contributed by atoms with Gasteiger partial charge in [-0.1, -0.05) is 11.6 Å². The fraction of sp³-hybridized carbons (Fsp3) is 0.333. The first kappa shape index (κ1) is 12.4. The molecular weight excluding hydrogens is 260 g/mol. The van der Waals surface area contributed by atoms with Crippen molar-refractivity contribution in [3.05, 3.63) is 41.8 Å². The summed E-state index contributed by atoms with van der Waals surface area (Å²) in [7, 11) is 0. The van der Waals surface area contributed by atoms with Crippen molar-refractivity contribution in [2.45, 2.75) is 31.8 Å². The number of nitrogens with zero attached hydrogens (tertiary/aromatic N) is 2. The molecule has 0 amide bonds. The quantitative estimate of drug-likeness (QED) is 0.844. The van der Waals surface area contributed by atoms with Gasteiger partial charge in [0.05, 0.1) is 16.8 Å². The second kappa shape index (κ2) is 5.57. The highest BCUT2D eigenvalue weighted by molar-refractivity contribution is 6.32.